The van der Waals surface area contributed by atoms with E-state index in [0.717, 1.165) is 25.7 Å². The zero-order valence-corrected chi connectivity index (χ0v) is 12.2. The van der Waals surface area contributed by atoms with Crippen molar-refractivity contribution >= 4 is 29.1 Å². The minimum atomic E-state index is -0.827. The van der Waals surface area contributed by atoms with Crippen LogP contribution in [0.2, 0.25) is 5.28 Å². The fraction of sp³-hybridized carbons (Fsp3) is 0.615. The van der Waals surface area contributed by atoms with Gasteiger partial charge in [-0.2, -0.15) is 4.98 Å². The molecule has 1 saturated carbocycles. The maximum absolute atomic E-state index is 11.1. The first-order chi connectivity index (χ1) is 9.49. The van der Waals surface area contributed by atoms with E-state index < -0.39 is 11.9 Å². The Labute approximate surface area is 123 Å². The minimum absolute atomic E-state index is 0.125. The van der Waals surface area contributed by atoms with Crippen molar-refractivity contribution in [2.75, 3.05) is 17.2 Å². The van der Waals surface area contributed by atoms with Crippen molar-refractivity contribution in [3.05, 3.63) is 11.5 Å². The molecule has 7 heteroatoms. The second-order valence-corrected chi connectivity index (χ2v) is 5.59. The fourth-order valence-corrected chi connectivity index (χ4v) is 2.72. The molecule has 6 nitrogen and oxygen atoms in total. The number of hydrogen-bond donors (Lipinski definition) is 2. The number of aromatic nitrogens is 2. The monoisotopic (exact) mass is 298 g/mol. The maximum Gasteiger partial charge on any atom is 0.308 e. The third-order valence-corrected chi connectivity index (χ3v) is 3.88. The smallest absolute Gasteiger partial charge is 0.308 e. The zero-order valence-electron chi connectivity index (χ0n) is 11.4. The second-order valence-electron chi connectivity index (χ2n) is 5.25. The van der Waals surface area contributed by atoms with Gasteiger partial charge in [0, 0.05) is 12.6 Å². The number of carboxylic acids is 1. The maximum atomic E-state index is 11.1. The van der Waals surface area contributed by atoms with Crippen LogP contribution in [0, 0.1) is 5.92 Å². The first-order valence-electron chi connectivity index (χ1n) is 6.76. The zero-order chi connectivity index (χ0) is 14.7. The highest BCUT2D eigenvalue weighted by molar-refractivity contribution is 6.28. The van der Waals surface area contributed by atoms with Crippen LogP contribution in [-0.2, 0) is 4.79 Å². The molecule has 1 atom stereocenters. The number of halogens is 1. The molecule has 0 spiro atoms. The van der Waals surface area contributed by atoms with Gasteiger partial charge in [-0.25, -0.2) is 4.98 Å². The normalized spacial score (nSPS) is 17.1. The lowest BCUT2D eigenvalue weighted by Gasteiger charge is -2.32. The Hall–Kier alpha value is -1.56. The number of rotatable bonds is 5. The average molecular weight is 299 g/mol. The van der Waals surface area contributed by atoms with Crippen molar-refractivity contribution in [2.24, 2.45) is 5.92 Å². The first-order valence-corrected chi connectivity index (χ1v) is 7.14. The number of nitrogens with zero attached hydrogens (tertiary/aromatic N) is 3. The number of aliphatic carboxylic acids is 1. The van der Waals surface area contributed by atoms with E-state index in [4.69, 9.17) is 22.4 Å². The number of carbonyl (C=O) groups is 1. The topological polar surface area (TPSA) is 92.3 Å². The Bertz CT molecular complexity index is 491. The van der Waals surface area contributed by atoms with Gasteiger partial charge < -0.3 is 15.7 Å². The van der Waals surface area contributed by atoms with Gasteiger partial charge in [-0.15, -0.1) is 0 Å². The summed E-state index contributed by atoms with van der Waals surface area (Å²) >= 11 is 5.85. The number of carboxylic acid groups (broad SMARTS) is 1. The second kappa shape index (κ2) is 6.26. The summed E-state index contributed by atoms with van der Waals surface area (Å²) in [6.07, 6.45) is 5.79. The van der Waals surface area contributed by atoms with Crippen LogP contribution >= 0.6 is 11.6 Å². The van der Waals surface area contributed by atoms with Crippen LogP contribution in [0.5, 0.6) is 0 Å². The summed E-state index contributed by atoms with van der Waals surface area (Å²) in [6.45, 7) is 2.06. The van der Waals surface area contributed by atoms with E-state index in [9.17, 15) is 4.79 Å². The molecule has 1 aromatic heterocycles. The van der Waals surface area contributed by atoms with Gasteiger partial charge in [0.25, 0.3) is 0 Å². The molecule has 110 valence electrons. The van der Waals surface area contributed by atoms with Gasteiger partial charge in [-0.1, -0.05) is 19.8 Å². The number of nitrogens with two attached hydrogens (primary N) is 1. The van der Waals surface area contributed by atoms with E-state index in [2.05, 4.69) is 9.97 Å². The standard InChI is InChI=1S/C13H19ClN4O2/c1-8(12(19)20)7-18(9-4-2-3-5-9)11-10(15)6-16-13(14)17-11/h6,8-9H,2-5,7,15H2,1H3,(H,19,20). The highest BCUT2D eigenvalue weighted by atomic mass is 35.5. The molecule has 20 heavy (non-hydrogen) atoms. The molecular weight excluding hydrogens is 280 g/mol. The summed E-state index contributed by atoms with van der Waals surface area (Å²) in [7, 11) is 0. The van der Waals surface area contributed by atoms with Crippen molar-refractivity contribution < 1.29 is 9.90 Å². The van der Waals surface area contributed by atoms with Crippen LogP contribution in [0.3, 0.4) is 0 Å². The van der Waals surface area contributed by atoms with Gasteiger partial charge in [0.15, 0.2) is 5.82 Å². The van der Waals surface area contributed by atoms with Gasteiger partial charge in [0.1, 0.15) is 0 Å². The molecule has 1 fully saturated rings. The number of hydrogen-bond acceptors (Lipinski definition) is 5. The Kier molecular flexibility index (Phi) is 4.65. The minimum Gasteiger partial charge on any atom is -0.481 e. The fourth-order valence-electron chi connectivity index (χ4n) is 2.59. The summed E-state index contributed by atoms with van der Waals surface area (Å²) in [5, 5.41) is 9.25. The molecule has 3 N–H and O–H groups in total. The average Bonchev–Trinajstić information content (AvgIpc) is 2.92. The molecule has 0 bridgehead atoms. The third-order valence-electron chi connectivity index (χ3n) is 3.70. The molecule has 0 amide bonds. The van der Waals surface area contributed by atoms with Crippen LogP contribution in [0.15, 0.2) is 6.20 Å². The molecule has 1 unspecified atom stereocenters. The van der Waals surface area contributed by atoms with Crippen molar-refractivity contribution in [1.29, 1.82) is 0 Å². The van der Waals surface area contributed by atoms with E-state index in [1.54, 1.807) is 6.92 Å². The van der Waals surface area contributed by atoms with Crippen molar-refractivity contribution in [3.63, 3.8) is 0 Å². The van der Waals surface area contributed by atoms with Gasteiger partial charge in [0.05, 0.1) is 17.8 Å². The van der Waals surface area contributed by atoms with E-state index in [-0.39, 0.29) is 11.3 Å². The van der Waals surface area contributed by atoms with Crippen molar-refractivity contribution in [2.45, 2.75) is 38.6 Å². The molecular formula is C13H19ClN4O2. The molecule has 2 rings (SSSR count). The molecule has 1 aliphatic rings. The van der Waals surface area contributed by atoms with Crippen molar-refractivity contribution in [3.8, 4) is 0 Å². The van der Waals surface area contributed by atoms with Crippen LogP contribution < -0.4 is 10.6 Å². The van der Waals surface area contributed by atoms with Crippen LogP contribution in [-0.4, -0.2) is 33.6 Å². The molecule has 0 aliphatic heterocycles. The van der Waals surface area contributed by atoms with Gasteiger partial charge in [-0.05, 0) is 24.4 Å². The summed E-state index contributed by atoms with van der Waals surface area (Å²) < 4.78 is 0. The van der Waals surface area contributed by atoms with Crippen LogP contribution in [0.25, 0.3) is 0 Å². The highest BCUT2D eigenvalue weighted by Gasteiger charge is 2.28. The van der Waals surface area contributed by atoms with Crippen LogP contribution in [0.1, 0.15) is 32.6 Å². The predicted molar refractivity (Wildman–Crippen MR) is 77.9 cm³/mol. The Morgan fingerprint density at radius 3 is 2.85 bits per heavy atom. The number of anilines is 2. The molecule has 1 heterocycles. The Morgan fingerprint density at radius 2 is 2.25 bits per heavy atom. The lowest BCUT2D eigenvalue weighted by molar-refractivity contribution is -0.140. The largest absolute Gasteiger partial charge is 0.481 e. The summed E-state index contributed by atoms with van der Waals surface area (Å²) in [4.78, 5) is 21.1. The quantitative estimate of drug-likeness (QED) is 0.809. The molecule has 1 aromatic rings. The van der Waals surface area contributed by atoms with E-state index in [1.807, 2.05) is 4.90 Å². The predicted octanol–water partition coefficient (Wildman–Crippen LogP) is 2.18. The molecule has 0 radical (unpaired) electrons. The molecule has 0 aromatic carbocycles. The van der Waals surface area contributed by atoms with Gasteiger partial charge in [0.2, 0.25) is 5.28 Å². The highest BCUT2D eigenvalue weighted by Crippen LogP contribution is 2.31. The Morgan fingerprint density at radius 1 is 1.60 bits per heavy atom. The Balaban J connectivity index is 2.29. The van der Waals surface area contributed by atoms with Crippen LogP contribution in [0.4, 0.5) is 11.5 Å². The SMILES string of the molecule is CC(CN(c1nc(Cl)ncc1N)C1CCCC1)C(=O)O. The van der Waals surface area contributed by atoms with E-state index in [1.165, 1.54) is 6.20 Å². The lowest BCUT2D eigenvalue weighted by Crippen LogP contribution is -2.39. The van der Waals surface area contributed by atoms with Gasteiger partial charge >= 0.3 is 5.97 Å². The molecule has 0 saturated heterocycles. The van der Waals surface area contributed by atoms with E-state index in [0.29, 0.717) is 18.1 Å². The summed E-state index contributed by atoms with van der Waals surface area (Å²) in [6, 6.07) is 0.269. The van der Waals surface area contributed by atoms with Crippen molar-refractivity contribution in [1.82, 2.24) is 9.97 Å². The number of nitrogen functional groups attached to an aromatic ring is 1. The van der Waals surface area contributed by atoms with E-state index >= 15 is 0 Å². The van der Waals surface area contributed by atoms with Gasteiger partial charge in [-0.3, -0.25) is 4.79 Å². The lowest BCUT2D eigenvalue weighted by atomic mass is 10.1. The summed E-state index contributed by atoms with van der Waals surface area (Å²) in [5.41, 5.74) is 6.37. The summed E-state index contributed by atoms with van der Waals surface area (Å²) in [5.74, 6) is -0.777. The molecule has 1 aliphatic carbocycles. The first kappa shape index (κ1) is 14.8. The third kappa shape index (κ3) is 3.30.